The van der Waals surface area contributed by atoms with Crippen LogP contribution in [-0.2, 0) is 6.42 Å². The highest BCUT2D eigenvalue weighted by Gasteiger charge is 2.17. The Bertz CT molecular complexity index is 1060. The van der Waals surface area contributed by atoms with Crippen LogP contribution in [0.1, 0.15) is 25.1 Å². The Morgan fingerprint density at radius 3 is 2.70 bits per heavy atom. The lowest BCUT2D eigenvalue weighted by Crippen LogP contribution is -2.04. The molecule has 2 aromatic carbocycles. The fourth-order valence-electron chi connectivity index (χ4n) is 2.86. The quantitative estimate of drug-likeness (QED) is 0.591. The summed E-state index contributed by atoms with van der Waals surface area (Å²) in [7, 11) is 0. The number of nitrogens with zero attached hydrogens (tertiary/aromatic N) is 2. The predicted molar refractivity (Wildman–Crippen MR) is 106 cm³/mol. The molecule has 0 unspecified atom stereocenters. The lowest BCUT2D eigenvalue weighted by atomic mass is 10.0. The van der Waals surface area contributed by atoms with E-state index in [1.165, 1.54) is 12.1 Å². The van der Waals surface area contributed by atoms with Gasteiger partial charge in [0, 0.05) is 17.1 Å². The number of halogens is 2. The van der Waals surface area contributed by atoms with Crippen LogP contribution in [0.3, 0.4) is 0 Å². The highest BCUT2D eigenvalue weighted by Crippen LogP contribution is 2.36. The van der Waals surface area contributed by atoms with E-state index in [1.54, 1.807) is 18.2 Å². The molecule has 0 atom stereocenters. The number of nitrogens with one attached hydrogen (secondary N) is 1. The van der Waals surface area contributed by atoms with Gasteiger partial charge in [-0.2, -0.15) is 5.26 Å². The molecule has 0 aliphatic heterocycles. The van der Waals surface area contributed by atoms with Crippen LogP contribution in [0.25, 0.3) is 10.9 Å². The molecule has 1 aromatic heterocycles. The van der Waals surface area contributed by atoms with Gasteiger partial charge < -0.3 is 15.8 Å². The molecule has 0 saturated heterocycles. The smallest absolute Gasteiger partial charge is 0.144 e. The molecule has 0 aliphatic carbocycles. The van der Waals surface area contributed by atoms with Crippen molar-refractivity contribution in [1.29, 1.82) is 5.26 Å². The van der Waals surface area contributed by atoms with Crippen LogP contribution in [0.15, 0.2) is 30.3 Å². The maximum Gasteiger partial charge on any atom is 0.144 e. The molecule has 0 bridgehead atoms. The zero-order valence-corrected chi connectivity index (χ0v) is 15.7. The van der Waals surface area contributed by atoms with Gasteiger partial charge in [0.1, 0.15) is 17.6 Å². The third kappa shape index (κ3) is 3.60. The number of fused-ring (bicyclic) bond motifs is 1. The third-order valence-electron chi connectivity index (χ3n) is 4.13. The maximum absolute atomic E-state index is 13.8. The Morgan fingerprint density at radius 2 is 2.07 bits per heavy atom. The van der Waals surface area contributed by atoms with E-state index in [1.807, 2.05) is 13.8 Å². The Hall–Kier alpha value is -3.04. The summed E-state index contributed by atoms with van der Waals surface area (Å²) in [6, 6.07) is 10.0. The summed E-state index contributed by atoms with van der Waals surface area (Å²) in [6.45, 7) is 4.26. The first-order chi connectivity index (χ1) is 13.0. The van der Waals surface area contributed by atoms with Gasteiger partial charge in [-0.25, -0.2) is 4.39 Å². The molecule has 0 aliphatic rings. The summed E-state index contributed by atoms with van der Waals surface area (Å²) in [5, 5.41) is 13.5. The first-order valence-corrected chi connectivity index (χ1v) is 8.87. The normalized spacial score (nSPS) is 10.6. The van der Waals surface area contributed by atoms with Gasteiger partial charge in [0.15, 0.2) is 0 Å². The highest BCUT2D eigenvalue weighted by molar-refractivity contribution is 6.30. The Balaban J connectivity index is 2.25. The number of benzene rings is 2. The topological polar surface area (TPSA) is 84.0 Å². The predicted octanol–water partition coefficient (Wildman–Crippen LogP) is 5.19. The molecule has 3 aromatic rings. The first kappa shape index (κ1) is 18.7. The van der Waals surface area contributed by atoms with E-state index < -0.39 is 5.82 Å². The van der Waals surface area contributed by atoms with Crippen LogP contribution in [-0.4, -0.2) is 11.6 Å². The van der Waals surface area contributed by atoms with Crippen LogP contribution in [0.5, 0.6) is 5.75 Å². The summed E-state index contributed by atoms with van der Waals surface area (Å²) < 4.78 is 19.4. The van der Waals surface area contributed by atoms with Crippen molar-refractivity contribution >= 4 is 39.6 Å². The minimum absolute atomic E-state index is 0.0282. The summed E-state index contributed by atoms with van der Waals surface area (Å²) >= 11 is 5.76. The van der Waals surface area contributed by atoms with Crippen LogP contribution >= 0.6 is 11.6 Å². The molecule has 3 rings (SSSR count). The van der Waals surface area contributed by atoms with Crippen LogP contribution in [0.2, 0.25) is 5.02 Å². The molecule has 0 radical (unpaired) electrons. The van der Waals surface area contributed by atoms with E-state index in [0.29, 0.717) is 58.0 Å². The Morgan fingerprint density at radius 1 is 1.30 bits per heavy atom. The average molecular weight is 385 g/mol. The average Bonchev–Trinajstić information content (AvgIpc) is 2.65. The van der Waals surface area contributed by atoms with Gasteiger partial charge >= 0.3 is 0 Å². The van der Waals surface area contributed by atoms with Gasteiger partial charge in [-0.3, -0.25) is 4.98 Å². The largest absolute Gasteiger partial charge is 0.492 e. The molecule has 0 spiro atoms. The van der Waals surface area contributed by atoms with Gasteiger partial charge in [-0.15, -0.1) is 0 Å². The summed E-state index contributed by atoms with van der Waals surface area (Å²) in [5.74, 6) is -0.0138. The van der Waals surface area contributed by atoms with Crippen LogP contribution < -0.4 is 15.8 Å². The Kier molecular flexibility index (Phi) is 5.33. The molecular weight excluding hydrogens is 367 g/mol. The van der Waals surface area contributed by atoms with E-state index in [0.717, 1.165) is 0 Å². The van der Waals surface area contributed by atoms with Crippen molar-refractivity contribution in [1.82, 2.24) is 4.98 Å². The summed E-state index contributed by atoms with van der Waals surface area (Å²) in [6.07, 6.45) is 0.566. The van der Waals surface area contributed by atoms with E-state index in [2.05, 4.69) is 16.4 Å². The van der Waals surface area contributed by atoms with Crippen molar-refractivity contribution in [2.75, 3.05) is 17.7 Å². The van der Waals surface area contributed by atoms with Crippen molar-refractivity contribution in [2.45, 2.75) is 20.3 Å². The van der Waals surface area contributed by atoms with Crippen molar-refractivity contribution in [3.8, 4) is 11.8 Å². The number of aryl methyl sites for hydroxylation is 1. The minimum Gasteiger partial charge on any atom is -0.492 e. The molecule has 3 N–H and O–H groups in total. The maximum atomic E-state index is 13.8. The number of rotatable bonds is 5. The lowest BCUT2D eigenvalue weighted by molar-refractivity contribution is 0.342. The second-order valence-corrected chi connectivity index (χ2v) is 6.28. The van der Waals surface area contributed by atoms with Crippen molar-refractivity contribution in [2.24, 2.45) is 0 Å². The molecule has 27 heavy (non-hydrogen) atoms. The number of pyridine rings is 1. The molecule has 0 saturated carbocycles. The highest BCUT2D eigenvalue weighted by atomic mass is 35.5. The second-order valence-electron chi connectivity index (χ2n) is 5.87. The first-order valence-electron chi connectivity index (χ1n) is 8.49. The second kappa shape index (κ2) is 7.68. The van der Waals surface area contributed by atoms with Gasteiger partial charge in [0.25, 0.3) is 0 Å². The molecule has 5 nitrogen and oxygen atoms in total. The Labute approximate surface area is 161 Å². The summed E-state index contributed by atoms with van der Waals surface area (Å²) in [5.41, 5.74) is 9.19. The van der Waals surface area contributed by atoms with Crippen molar-refractivity contribution in [3.05, 3.63) is 52.4 Å². The zero-order chi connectivity index (χ0) is 19.6. The number of hydrogen-bond donors (Lipinski definition) is 2. The number of nitrogens with two attached hydrogens (primary N) is 1. The van der Waals surface area contributed by atoms with E-state index >= 15 is 0 Å². The lowest BCUT2D eigenvalue weighted by Gasteiger charge is -2.16. The molecule has 1 heterocycles. The molecular formula is C20H18ClFN4O. The number of ether oxygens (including phenoxy) is 1. The molecule has 0 fully saturated rings. The van der Waals surface area contributed by atoms with Gasteiger partial charge in [-0.05, 0) is 37.6 Å². The monoisotopic (exact) mass is 384 g/mol. The van der Waals surface area contributed by atoms with E-state index in [9.17, 15) is 9.65 Å². The third-order valence-corrected chi connectivity index (χ3v) is 4.43. The number of anilines is 3. The SMILES string of the molecule is CCOc1cc2nc(CC)c(C#N)c(Nc3ccc(Cl)c(F)c3)c2cc1N. The zero-order valence-electron chi connectivity index (χ0n) is 14.9. The van der Waals surface area contributed by atoms with Crippen LogP contribution in [0, 0.1) is 17.1 Å². The minimum atomic E-state index is -0.549. The molecule has 138 valence electrons. The van der Waals surface area contributed by atoms with E-state index in [-0.39, 0.29) is 5.02 Å². The van der Waals surface area contributed by atoms with Crippen molar-refractivity contribution < 1.29 is 9.13 Å². The summed E-state index contributed by atoms with van der Waals surface area (Å²) in [4.78, 5) is 4.59. The van der Waals surface area contributed by atoms with Crippen molar-refractivity contribution in [3.63, 3.8) is 0 Å². The number of nitrogen functional groups attached to an aromatic ring is 1. The van der Waals surface area contributed by atoms with E-state index in [4.69, 9.17) is 22.1 Å². The van der Waals surface area contributed by atoms with Gasteiger partial charge in [0.2, 0.25) is 0 Å². The van der Waals surface area contributed by atoms with Crippen LogP contribution in [0.4, 0.5) is 21.5 Å². The fourth-order valence-corrected chi connectivity index (χ4v) is 2.98. The number of aromatic nitrogens is 1. The molecule has 0 amide bonds. The van der Waals surface area contributed by atoms with Gasteiger partial charge in [-0.1, -0.05) is 18.5 Å². The van der Waals surface area contributed by atoms with Gasteiger partial charge in [0.05, 0.1) is 39.8 Å². The standard InChI is InChI=1S/C20H18ClFN4O/c1-3-17-13(10-23)20(25-11-5-6-14(21)15(22)7-11)12-8-16(24)19(27-4-2)9-18(12)26-17/h5-9H,3-4,24H2,1-2H3,(H,25,26). The fraction of sp³-hybridized carbons (Fsp3) is 0.200. The number of hydrogen-bond acceptors (Lipinski definition) is 5. The number of nitriles is 1. The molecule has 7 heteroatoms.